The highest BCUT2D eigenvalue weighted by molar-refractivity contribution is 5.73. The fourth-order valence-corrected chi connectivity index (χ4v) is 3.37. The van der Waals surface area contributed by atoms with Gasteiger partial charge in [0.1, 0.15) is 11.6 Å². The molecule has 2 aliphatic rings. The molecule has 1 aromatic rings. The van der Waals surface area contributed by atoms with Crippen LogP contribution in [0, 0.1) is 17.6 Å². The van der Waals surface area contributed by atoms with Crippen molar-refractivity contribution in [3.8, 4) is 0 Å². The summed E-state index contributed by atoms with van der Waals surface area (Å²) < 4.78 is 27.7. The number of urea groups is 1. The lowest BCUT2D eigenvalue weighted by Gasteiger charge is -2.22. The van der Waals surface area contributed by atoms with Crippen LogP contribution in [0.1, 0.15) is 36.3 Å². The molecular formula is C13H14F2N2O. The first-order valence-electron chi connectivity index (χ1n) is 6.04. The van der Waals surface area contributed by atoms with Gasteiger partial charge in [-0.3, -0.25) is 0 Å². The van der Waals surface area contributed by atoms with E-state index in [1.54, 1.807) is 0 Å². The minimum absolute atomic E-state index is 0.0309. The Hall–Kier alpha value is -1.65. The van der Waals surface area contributed by atoms with E-state index in [9.17, 15) is 13.6 Å². The molecule has 0 spiro atoms. The fourth-order valence-electron chi connectivity index (χ4n) is 3.37. The Morgan fingerprint density at radius 1 is 1.33 bits per heavy atom. The van der Waals surface area contributed by atoms with Crippen molar-refractivity contribution in [3.63, 3.8) is 0 Å². The average molecular weight is 252 g/mol. The van der Waals surface area contributed by atoms with Gasteiger partial charge < -0.3 is 11.1 Å². The zero-order valence-corrected chi connectivity index (χ0v) is 9.91. The van der Waals surface area contributed by atoms with Crippen molar-refractivity contribution >= 4 is 6.03 Å². The Kier molecular flexibility index (Phi) is 2.33. The summed E-state index contributed by atoms with van der Waals surface area (Å²) in [5.41, 5.74) is 5.98. The predicted octanol–water partition coefficient (Wildman–Crippen LogP) is 2.22. The van der Waals surface area contributed by atoms with Gasteiger partial charge in [0.05, 0.1) is 0 Å². The quantitative estimate of drug-likeness (QED) is 0.791. The molecule has 4 unspecified atom stereocenters. The molecule has 18 heavy (non-hydrogen) atoms. The van der Waals surface area contributed by atoms with Crippen molar-refractivity contribution in [1.29, 1.82) is 0 Å². The predicted molar refractivity (Wildman–Crippen MR) is 62.1 cm³/mol. The first-order chi connectivity index (χ1) is 8.50. The van der Waals surface area contributed by atoms with E-state index in [4.69, 9.17) is 5.73 Å². The molecule has 0 saturated heterocycles. The molecule has 5 heteroatoms. The van der Waals surface area contributed by atoms with Gasteiger partial charge in [-0.1, -0.05) is 6.92 Å². The van der Waals surface area contributed by atoms with Gasteiger partial charge in [-0.25, -0.2) is 13.6 Å². The molecule has 2 amide bonds. The van der Waals surface area contributed by atoms with Crippen molar-refractivity contribution in [2.75, 3.05) is 0 Å². The van der Waals surface area contributed by atoms with Crippen LogP contribution in [0.3, 0.4) is 0 Å². The highest BCUT2D eigenvalue weighted by Gasteiger charge is 2.57. The Balaban J connectivity index is 2.03. The molecular weight excluding hydrogens is 238 g/mol. The molecule has 1 aromatic carbocycles. The van der Waals surface area contributed by atoms with E-state index in [1.807, 2.05) is 6.92 Å². The Labute approximate surface area is 103 Å². The maximum absolute atomic E-state index is 13.9. The summed E-state index contributed by atoms with van der Waals surface area (Å²) in [4.78, 5) is 10.9. The van der Waals surface area contributed by atoms with Gasteiger partial charge in [0.25, 0.3) is 0 Å². The molecule has 4 atom stereocenters. The van der Waals surface area contributed by atoms with Gasteiger partial charge in [-0.05, 0) is 41.5 Å². The lowest BCUT2D eigenvalue weighted by Crippen LogP contribution is -2.32. The second kappa shape index (κ2) is 3.67. The summed E-state index contributed by atoms with van der Waals surface area (Å²) in [7, 11) is 0. The van der Waals surface area contributed by atoms with Crippen LogP contribution in [0.4, 0.5) is 13.6 Å². The van der Waals surface area contributed by atoms with Crippen LogP contribution in [-0.4, -0.2) is 12.1 Å². The van der Waals surface area contributed by atoms with Gasteiger partial charge in [0.15, 0.2) is 0 Å². The third-order valence-corrected chi connectivity index (χ3v) is 4.11. The summed E-state index contributed by atoms with van der Waals surface area (Å²) in [6.45, 7) is 1.89. The van der Waals surface area contributed by atoms with Crippen LogP contribution in [0.25, 0.3) is 0 Å². The Bertz CT molecular complexity index is 532. The minimum Gasteiger partial charge on any atom is -0.352 e. The SMILES string of the molecule is CC1CC2C(NC(N)=O)C2c2c(F)ccc(F)c21. The second-order valence-electron chi connectivity index (χ2n) is 5.22. The number of carbonyl (C=O) groups excluding carboxylic acids is 1. The molecule has 1 saturated carbocycles. The van der Waals surface area contributed by atoms with Gasteiger partial charge in [-0.15, -0.1) is 0 Å². The number of nitrogens with one attached hydrogen (secondary N) is 1. The standard InChI is InChI=1S/C13H14F2N2O/c1-5-4-6-10(12(6)17-13(16)18)11-8(15)3-2-7(14)9(5)11/h2-3,5-6,10,12H,4H2,1H3,(H3,16,17,18). The first kappa shape index (κ1) is 11.4. The van der Waals surface area contributed by atoms with Crippen molar-refractivity contribution in [3.05, 3.63) is 34.9 Å². The van der Waals surface area contributed by atoms with E-state index in [2.05, 4.69) is 5.32 Å². The number of halogens is 2. The van der Waals surface area contributed by atoms with Gasteiger partial charge in [-0.2, -0.15) is 0 Å². The van der Waals surface area contributed by atoms with Crippen molar-refractivity contribution in [2.24, 2.45) is 11.7 Å². The van der Waals surface area contributed by atoms with E-state index in [1.165, 1.54) is 6.07 Å². The monoisotopic (exact) mass is 252 g/mol. The maximum Gasteiger partial charge on any atom is 0.312 e. The van der Waals surface area contributed by atoms with Crippen molar-refractivity contribution in [2.45, 2.75) is 31.2 Å². The number of fused-ring (bicyclic) bond motifs is 3. The van der Waals surface area contributed by atoms with Crippen LogP contribution < -0.4 is 11.1 Å². The molecule has 0 bridgehead atoms. The topological polar surface area (TPSA) is 55.1 Å². The zero-order chi connectivity index (χ0) is 13.0. The number of benzene rings is 1. The minimum atomic E-state index is -0.611. The normalized spacial score (nSPS) is 32.4. The average Bonchev–Trinajstić information content (AvgIpc) is 2.94. The van der Waals surface area contributed by atoms with Crippen molar-refractivity contribution < 1.29 is 13.6 Å². The number of amides is 2. The van der Waals surface area contributed by atoms with E-state index in [0.717, 1.165) is 12.5 Å². The van der Waals surface area contributed by atoms with Gasteiger partial charge >= 0.3 is 6.03 Å². The molecule has 0 radical (unpaired) electrons. The van der Waals surface area contributed by atoms with Crippen LogP contribution in [0.5, 0.6) is 0 Å². The molecule has 3 nitrogen and oxygen atoms in total. The summed E-state index contributed by atoms with van der Waals surface area (Å²) >= 11 is 0. The van der Waals surface area contributed by atoms with E-state index in [-0.39, 0.29) is 35.4 Å². The van der Waals surface area contributed by atoms with Gasteiger partial charge in [0, 0.05) is 12.0 Å². The Morgan fingerprint density at radius 2 is 1.94 bits per heavy atom. The number of hydrogen-bond acceptors (Lipinski definition) is 1. The molecule has 0 aromatic heterocycles. The van der Waals surface area contributed by atoms with Crippen LogP contribution >= 0.6 is 0 Å². The number of hydrogen-bond donors (Lipinski definition) is 2. The van der Waals surface area contributed by atoms with Gasteiger partial charge in [0.2, 0.25) is 0 Å². The first-order valence-corrected chi connectivity index (χ1v) is 6.04. The molecule has 96 valence electrons. The van der Waals surface area contributed by atoms with Crippen LogP contribution in [0.2, 0.25) is 0 Å². The summed E-state index contributed by atoms with van der Waals surface area (Å²) in [5.74, 6) is -0.726. The number of primary amides is 1. The number of nitrogens with two attached hydrogens (primary N) is 1. The lowest BCUT2D eigenvalue weighted by molar-refractivity contribution is 0.248. The number of rotatable bonds is 1. The number of carbonyl (C=O) groups is 1. The molecule has 2 aliphatic carbocycles. The highest BCUT2D eigenvalue weighted by Crippen LogP contribution is 2.58. The second-order valence-corrected chi connectivity index (χ2v) is 5.22. The smallest absolute Gasteiger partial charge is 0.312 e. The molecule has 1 fully saturated rings. The zero-order valence-electron chi connectivity index (χ0n) is 9.91. The summed E-state index contributed by atoms with van der Waals surface area (Å²) in [5, 5.41) is 2.62. The lowest BCUT2D eigenvalue weighted by atomic mass is 9.83. The third kappa shape index (κ3) is 1.50. The van der Waals surface area contributed by atoms with Crippen LogP contribution in [-0.2, 0) is 0 Å². The fraction of sp³-hybridized carbons (Fsp3) is 0.462. The molecule has 3 N–H and O–H groups in total. The molecule has 0 aliphatic heterocycles. The largest absolute Gasteiger partial charge is 0.352 e. The molecule has 0 heterocycles. The van der Waals surface area contributed by atoms with E-state index in [0.29, 0.717) is 11.1 Å². The highest BCUT2D eigenvalue weighted by atomic mass is 19.1. The summed E-state index contributed by atoms with van der Waals surface area (Å²) in [6.07, 6.45) is 0.753. The molecule has 3 rings (SSSR count). The van der Waals surface area contributed by atoms with E-state index >= 15 is 0 Å². The Morgan fingerprint density at radius 3 is 2.56 bits per heavy atom. The summed E-state index contributed by atoms with van der Waals surface area (Å²) in [6, 6.07) is 1.57. The maximum atomic E-state index is 13.9. The third-order valence-electron chi connectivity index (χ3n) is 4.11. The van der Waals surface area contributed by atoms with Crippen molar-refractivity contribution in [1.82, 2.24) is 5.32 Å². The van der Waals surface area contributed by atoms with E-state index < -0.39 is 6.03 Å². The van der Waals surface area contributed by atoms with Crippen LogP contribution in [0.15, 0.2) is 12.1 Å².